The molecule has 0 spiro atoms. The van der Waals surface area contributed by atoms with Gasteiger partial charge in [-0.05, 0) is 13.8 Å². The lowest BCUT2D eigenvalue weighted by Gasteiger charge is -2.02. The lowest BCUT2D eigenvalue weighted by Crippen LogP contribution is -2.09. The number of nitrogen functional groups attached to an aromatic ring is 1. The summed E-state index contributed by atoms with van der Waals surface area (Å²) < 4.78 is 6.44. The first kappa shape index (κ1) is 11.5. The lowest BCUT2D eigenvalue weighted by atomic mass is 10.4. The van der Waals surface area contributed by atoms with Crippen LogP contribution in [-0.2, 0) is 4.74 Å². The van der Waals surface area contributed by atoms with Crippen molar-refractivity contribution in [2.24, 2.45) is 0 Å². The van der Waals surface area contributed by atoms with Crippen LogP contribution >= 0.6 is 11.3 Å². The second-order valence-electron chi connectivity index (χ2n) is 3.17. The van der Waals surface area contributed by atoms with Gasteiger partial charge >= 0.3 is 5.97 Å². The predicted octanol–water partition coefficient (Wildman–Crippen LogP) is 0.791. The third-order valence-corrected chi connectivity index (χ3v) is 2.76. The van der Waals surface area contributed by atoms with E-state index in [0.29, 0.717) is 11.0 Å². The van der Waals surface area contributed by atoms with E-state index in [1.165, 1.54) is 11.3 Å². The summed E-state index contributed by atoms with van der Waals surface area (Å²) in [5, 5.41) is 8.18. The van der Waals surface area contributed by atoms with Gasteiger partial charge in [-0.15, -0.1) is 10.2 Å². The van der Waals surface area contributed by atoms with Crippen LogP contribution in [0.1, 0.15) is 23.2 Å². The van der Waals surface area contributed by atoms with Crippen LogP contribution in [0.25, 0.3) is 5.13 Å². The molecule has 0 unspecified atom stereocenters. The summed E-state index contributed by atoms with van der Waals surface area (Å²) in [7, 11) is 0. The van der Waals surface area contributed by atoms with E-state index in [4.69, 9.17) is 10.5 Å². The molecule has 2 heterocycles. The molecule has 0 amide bonds. The molecule has 7 nitrogen and oxygen atoms in total. The van der Waals surface area contributed by atoms with Crippen LogP contribution in [0.3, 0.4) is 0 Å². The third kappa shape index (κ3) is 1.98. The minimum absolute atomic E-state index is 0.111. The van der Waals surface area contributed by atoms with Crippen molar-refractivity contribution in [3.63, 3.8) is 0 Å². The predicted molar refractivity (Wildman–Crippen MR) is 62.1 cm³/mol. The lowest BCUT2D eigenvalue weighted by molar-refractivity contribution is 0.0521. The van der Waals surface area contributed by atoms with Gasteiger partial charge in [-0.3, -0.25) is 4.57 Å². The number of ether oxygens (including phenoxy) is 1. The summed E-state index contributed by atoms with van der Waals surface area (Å²) in [4.78, 5) is 15.7. The van der Waals surface area contributed by atoms with Crippen molar-refractivity contribution in [2.75, 3.05) is 12.3 Å². The van der Waals surface area contributed by atoms with Crippen molar-refractivity contribution in [1.29, 1.82) is 0 Å². The van der Waals surface area contributed by atoms with Crippen LogP contribution in [-0.4, -0.2) is 32.3 Å². The maximum atomic E-state index is 11.6. The molecule has 0 atom stereocenters. The number of nitrogens with two attached hydrogens (primary N) is 1. The van der Waals surface area contributed by atoms with Gasteiger partial charge in [0.1, 0.15) is 17.2 Å². The normalized spacial score (nSPS) is 10.5. The number of anilines is 1. The minimum atomic E-state index is -0.531. The molecule has 0 bridgehead atoms. The van der Waals surface area contributed by atoms with Gasteiger partial charge in [-0.1, -0.05) is 11.3 Å². The van der Waals surface area contributed by atoms with Gasteiger partial charge in [0.05, 0.1) is 6.61 Å². The molecule has 90 valence electrons. The maximum absolute atomic E-state index is 11.6. The fraction of sp³-hybridized carbons (Fsp3) is 0.333. The van der Waals surface area contributed by atoms with E-state index >= 15 is 0 Å². The topological polar surface area (TPSA) is 95.9 Å². The Morgan fingerprint density at radius 1 is 1.65 bits per heavy atom. The van der Waals surface area contributed by atoms with Crippen LogP contribution in [0.5, 0.6) is 0 Å². The number of hydrogen-bond donors (Lipinski definition) is 1. The molecule has 0 saturated carbocycles. The van der Waals surface area contributed by atoms with Crippen molar-refractivity contribution in [3.8, 4) is 5.13 Å². The van der Waals surface area contributed by atoms with Gasteiger partial charge in [0, 0.05) is 0 Å². The van der Waals surface area contributed by atoms with Gasteiger partial charge < -0.3 is 10.5 Å². The first-order valence-corrected chi connectivity index (χ1v) is 5.81. The summed E-state index contributed by atoms with van der Waals surface area (Å²) in [6.45, 7) is 3.74. The molecule has 0 aromatic carbocycles. The third-order valence-electron chi connectivity index (χ3n) is 2.09. The monoisotopic (exact) mass is 253 g/mol. The van der Waals surface area contributed by atoms with Crippen molar-refractivity contribution in [1.82, 2.24) is 19.7 Å². The van der Waals surface area contributed by atoms with E-state index < -0.39 is 5.97 Å². The second-order valence-corrected chi connectivity index (χ2v) is 3.98. The fourth-order valence-corrected chi connectivity index (χ4v) is 2.02. The quantitative estimate of drug-likeness (QED) is 0.812. The zero-order valence-corrected chi connectivity index (χ0v) is 10.2. The molecule has 0 aliphatic heterocycles. The summed E-state index contributed by atoms with van der Waals surface area (Å²) in [5.74, 6) is 0.261. The van der Waals surface area contributed by atoms with Gasteiger partial charge in [-0.2, -0.15) is 0 Å². The molecule has 0 fully saturated rings. The van der Waals surface area contributed by atoms with Gasteiger partial charge in [-0.25, -0.2) is 9.78 Å². The molecule has 0 aliphatic rings. The number of esters is 1. The highest BCUT2D eigenvalue weighted by atomic mass is 32.1. The Hall–Kier alpha value is -1.96. The summed E-state index contributed by atoms with van der Waals surface area (Å²) >= 11 is 1.31. The van der Waals surface area contributed by atoms with Gasteiger partial charge in [0.2, 0.25) is 5.13 Å². The molecule has 2 aromatic rings. The van der Waals surface area contributed by atoms with E-state index in [0.717, 1.165) is 0 Å². The summed E-state index contributed by atoms with van der Waals surface area (Å²) in [6, 6.07) is 0. The Labute approximate surface area is 101 Å². The van der Waals surface area contributed by atoms with Crippen molar-refractivity contribution >= 4 is 23.1 Å². The molecular weight excluding hydrogens is 242 g/mol. The number of aryl methyl sites for hydroxylation is 1. The smallest absolute Gasteiger partial charge is 0.360 e. The summed E-state index contributed by atoms with van der Waals surface area (Å²) in [6.07, 6.45) is 0. The van der Waals surface area contributed by atoms with E-state index in [-0.39, 0.29) is 18.1 Å². The molecule has 17 heavy (non-hydrogen) atoms. The van der Waals surface area contributed by atoms with Crippen molar-refractivity contribution < 1.29 is 9.53 Å². The maximum Gasteiger partial charge on any atom is 0.360 e. The number of rotatable bonds is 3. The van der Waals surface area contributed by atoms with Crippen LogP contribution < -0.4 is 5.73 Å². The second kappa shape index (κ2) is 4.50. The number of carbonyl (C=O) groups excluding carboxylic acids is 1. The number of imidazole rings is 1. The number of carbonyl (C=O) groups is 1. The zero-order chi connectivity index (χ0) is 12.4. The molecule has 2 N–H and O–H groups in total. The average molecular weight is 253 g/mol. The van der Waals surface area contributed by atoms with E-state index in [1.54, 1.807) is 23.9 Å². The van der Waals surface area contributed by atoms with E-state index in [9.17, 15) is 4.79 Å². The fourth-order valence-electron chi connectivity index (χ4n) is 1.41. The number of hydrogen-bond acceptors (Lipinski definition) is 7. The van der Waals surface area contributed by atoms with E-state index in [2.05, 4.69) is 15.2 Å². The Balaban J connectivity index is 2.46. The Morgan fingerprint density at radius 2 is 2.41 bits per heavy atom. The average Bonchev–Trinajstić information content (AvgIpc) is 2.87. The largest absolute Gasteiger partial charge is 0.461 e. The Bertz CT molecular complexity index is 534. The number of aromatic nitrogens is 4. The van der Waals surface area contributed by atoms with Crippen LogP contribution in [0, 0.1) is 6.92 Å². The molecule has 2 rings (SSSR count). The molecule has 0 saturated heterocycles. The molecule has 8 heteroatoms. The molecule has 2 aromatic heterocycles. The summed E-state index contributed by atoms with van der Waals surface area (Å²) in [5.41, 5.74) is 7.56. The number of nitrogens with zero attached hydrogens (tertiary/aromatic N) is 4. The Morgan fingerprint density at radius 3 is 3.00 bits per heavy atom. The van der Waals surface area contributed by atoms with Crippen LogP contribution in [0.15, 0.2) is 5.51 Å². The highest BCUT2D eigenvalue weighted by molar-refractivity contribution is 7.11. The zero-order valence-electron chi connectivity index (χ0n) is 9.38. The van der Waals surface area contributed by atoms with Crippen molar-refractivity contribution in [2.45, 2.75) is 13.8 Å². The first-order valence-electron chi connectivity index (χ1n) is 4.93. The van der Waals surface area contributed by atoms with Gasteiger partial charge in [0.15, 0.2) is 5.69 Å². The van der Waals surface area contributed by atoms with Crippen LogP contribution in [0.2, 0.25) is 0 Å². The molecule has 0 aliphatic carbocycles. The first-order chi connectivity index (χ1) is 8.15. The van der Waals surface area contributed by atoms with Crippen LogP contribution in [0.4, 0.5) is 5.82 Å². The Kier molecular flexibility index (Phi) is 3.05. The van der Waals surface area contributed by atoms with Crippen molar-refractivity contribution in [3.05, 3.63) is 17.0 Å². The van der Waals surface area contributed by atoms with E-state index in [1.807, 2.05) is 0 Å². The standard InChI is InChI=1S/C9H11N5O2S/c1-3-16-8(15)6-7(10)14(5(2)12-6)9-13-11-4-17-9/h4H,3,10H2,1-2H3. The SMILES string of the molecule is CCOC(=O)c1nc(C)n(-c2nncs2)c1N. The highest BCUT2D eigenvalue weighted by Gasteiger charge is 2.21. The highest BCUT2D eigenvalue weighted by Crippen LogP contribution is 2.21. The molecule has 0 radical (unpaired) electrons. The minimum Gasteiger partial charge on any atom is -0.461 e. The molecular formula is C9H11N5O2S. The van der Waals surface area contributed by atoms with Gasteiger partial charge in [0.25, 0.3) is 0 Å².